The maximum absolute atomic E-state index is 2.54. The molecule has 0 aliphatic carbocycles. The lowest BCUT2D eigenvalue weighted by molar-refractivity contribution is 0.624. The Morgan fingerprint density at radius 1 is 0.595 bits per heavy atom. The molecule has 0 saturated carbocycles. The number of anilines is 1. The van der Waals surface area contributed by atoms with Crippen molar-refractivity contribution in [3.05, 3.63) is 132 Å². The number of hydrogen-bond donors (Lipinski definition) is 0. The van der Waals surface area contributed by atoms with E-state index in [4.69, 9.17) is 0 Å². The van der Waals surface area contributed by atoms with Crippen molar-refractivity contribution in [3.63, 3.8) is 0 Å². The lowest BCUT2D eigenvalue weighted by atomic mass is 9.92. The average Bonchev–Trinajstić information content (AvgIpc) is 3.48. The second kappa shape index (κ2) is 7.83. The molecule has 37 heavy (non-hydrogen) atoms. The first-order valence-corrected chi connectivity index (χ1v) is 13.5. The number of thiophene rings is 1. The molecule has 2 aromatic heterocycles. The van der Waals surface area contributed by atoms with Crippen molar-refractivity contribution >= 4 is 64.6 Å². The van der Waals surface area contributed by atoms with Gasteiger partial charge in [-0.05, 0) is 47.5 Å². The summed E-state index contributed by atoms with van der Waals surface area (Å²) in [6, 6.07) is 42.0. The Labute approximate surface area is 219 Å². The van der Waals surface area contributed by atoms with E-state index < -0.39 is 0 Å². The zero-order chi connectivity index (χ0) is 24.5. The van der Waals surface area contributed by atoms with Crippen LogP contribution in [0.1, 0.15) is 17.3 Å². The Morgan fingerprint density at radius 3 is 2.22 bits per heavy atom. The number of hydrogen-bond acceptors (Lipinski definition) is 2. The highest BCUT2D eigenvalue weighted by Crippen LogP contribution is 2.45. The molecule has 0 N–H and O–H groups in total. The van der Waals surface area contributed by atoms with E-state index in [1.165, 1.54) is 64.4 Å². The van der Waals surface area contributed by atoms with Crippen molar-refractivity contribution in [3.8, 4) is 0 Å². The molecule has 0 bridgehead atoms. The highest BCUT2D eigenvalue weighted by Gasteiger charge is 2.28. The van der Waals surface area contributed by atoms with Gasteiger partial charge in [0.05, 0.1) is 11.0 Å². The fourth-order valence-corrected chi connectivity index (χ4v) is 7.25. The maximum atomic E-state index is 2.54. The van der Waals surface area contributed by atoms with E-state index in [2.05, 4.69) is 138 Å². The lowest BCUT2D eigenvalue weighted by Gasteiger charge is -2.36. The van der Waals surface area contributed by atoms with Crippen molar-refractivity contribution in [2.45, 2.75) is 6.17 Å². The largest absolute Gasteiger partial charge is 0.350 e. The summed E-state index contributed by atoms with van der Waals surface area (Å²) in [4.78, 5) is 2.42. The standard InChI is InChI=1S/C34H24N2S/c1-35-29-16-8-5-13-23(29)26(22-11-3-2-4-12-22)21-34(35)36-30-17-9-6-14-24(30)27-20-33-28(19-31(27)36)25-15-7-10-18-32(25)37-33/h2-21,34H,1H3. The monoisotopic (exact) mass is 492 g/mol. The number of fused-ring (bicyclic) bond motifs is 7. The summed E-state index contributed by atoms with van der Waals surface area (Å²) in [5, 5.41) is 5.29. The lowest BCUT2D eigenvalue weighted by Crippen LogP contribution is -2.31. The molecule has 1 atom stereocenters. The summed E-state index contributed by atoms with van der Waals surface area (Å²) in [7, 11) is 2.22. The first-order valence-electron chi connectivity index (χ1n) is 12.7. The Bertz CT molecular complexity index is 2010. The molecular formula is C34H24N2S. The van der Waals surface area contributed by atoms with Crippen LogP contribution in [0.4, 0.5) is 5.69 Å². The van der Waals surface area contributed by atoms with E-state index >= 15 is 0 Å². The van der Waals surface area contributed by atoms with Crippen LogP contribution in [0.15, 0.2) is 121 Å². The second-order valence-electron chi connectivity index (χ2n) is 9.84. The Hall–Kier alpha value is -4.34. The summed E-state index contributed by atoms with van der Waals surface area (Å²) >= 11 is 1.89. The summed E-state index contributed by atoms with van der Waals surface area (Å²) in [6.07, 6.45) is 2.48. The third-order valence-corrected chi connectivity index (χ3v) is 8.98. The fraction of sp³-hybridized carbons (Fsp3) is 0.0588. The van der Waals surface area contributed by atoms with E-state index in [9.17, 15) is 0 Å². The minimum atomic E-state index is 0.0369. The van der Waals surface area contributed by atoms with Crippen LogP contribution in [0, 0.1) is 0 Å². The van der Waals surface area contributed by atoms with Gasteiger partial charge < -0.3 is 9.47 Å². The molecule has 0 saturated heterocycles. The number of rotatable bonds is 2. The molecule has 7 aromatic rings. The van der Waals surface area contributed by atoms with E-state index in [-0.39, 0.29) is 6.17 Å². The molecule has 0 radical (unpaired) electrons. The number of nitrogens with zero attached hydrogens (tertiary/aromatic N) is 2. The van der Waals surface area contributed by atoms with Crippen molar-refractivity contribution < 1.29 is 0 Å². The minimum Gasteiger partial charge on any atom is -0.350 e. The normalized spacial score (nSPS) is 15.5. The zero-order valence-electron chi connectivity index (χ0n) is 20.4. The minimum absolute atomic E-state index is 0.0369. The molecule has 5 aromatic carbocycles. The Balaban J connectivity index is 1.47. The van der Waals surface area contributed by atoms with Gasteiger partial charge in [-0.25, -0.2) is 0 Å². The molecule has 0 spiro atoms. The summed E-state index contributed by atoms with van der Waals surface area (Å²) in [6.45, 7) is 0. The van der Waals surface area contributed by atoms with Gasteiger partial charge in [-0.2, -0.15) is 0 Å². The topological polar surface area (TPSA) is 8.17 Å². The van der Waals surface area contributed by atoms with Gasteiger partial charge in [0.2, 0.25) is 0 Å². The van der Waals surface area contributed by atoms with Gasteiger partial charge in [0, 0.05) is 49.2 Å². The van der Waals surface area contributed by atoms with Gasteiger partial charge in [-0.1, -0.05) is 84.9 Å². The number of para-hydroxylation sites is 2. The number of aromatic nitrogens is 1. The molecule has 2 nitrogen and oxygen atoms in total. The van der Waals surface area contributed by atoms with Gasteiger partial charge in [0.1, 0.15) is 6.17 Å². The third-order valence-electron chi connectivity index (χ3n) is 7.84. The number of benzene rings is 5. The van der Waals surface area contributed by atoms with Crippen molar-refractivity contribution in [2.24, 2.45) is 0 Å². The fourth-order valence-electron chi connectivity index (χ4n) is 6.12. The SMILES string of the molecule is CN1c2ccccc2C(c2ccccc2)=CC1n1c2ccccc2c2cc3sc4ccccc4c3cc21. The first kappa shape index (κ1) is 20.8. The average molecular weight is 493 g/mol. The van der Waals surface area contributed by atoms with Gasteiger partial charge in [0.25, 0.3) is 0 Å². The van der Waals surface area contributed by atoms with Gasteiger partial charge >= 0.3 is 0 Å². The van der Waals surface area contributed by atoms with Crippen LogP contribution in [-0.4, -0.2) is 11.6 Å². The van der Waals surface area contributed by atoms with Crippen molar-refractivity contribution in [2.75, 3.05) is 11.9 Å². The first-order chi connectivity index (χ1) is 18.3. The molecule has 3 heteroatoms. The predicted molar refractivity (Wildman–Crippen MR) is 160 cm³/mol. The van der Waals surface area contributed by atoms with Gasteiger partial charge in [-0.15, -0.1) is 11.3 Å². The summed E-state index contributed by atoms with van der Waals surface area (Å²) < 4.78 is 5.23. The Kier molecular flexibility index (Phi) is 4.40. The van der Waals surface area contributed by atoms with Crippen LogP contribution in [-0.2, 0) is 0 Å². The molecule has 0 fully saturated rings. The van der Waals surface area contributed by atoms with E-state index in [0.717, 1.165) is 0 Å². The van der Waals surface area contributed by atoms with Crippen molar-refractivity contribution in [1.29, 1.82) is 0 Å². The zero-order valence-corrected chi connectivity index (χ0v) is 21.2. The molecule has 0 amide bonds. The van der Waals surface area contributed by atoms with E-state index in [0.29, 0.717) is 0 Å². The molecule has 1 unspecified atom stereocenters. The molecule has 1 aliphatic rings. The Morgan fingerprint density at radius 2 is 1.32 bits per heavy atom. The van der Waals surface area contributed by atoms with Crippen molar-refractivity contribution in [1.82, 2.24) is 4.57 Å². The van der Waals surface area contributed by atoms with E-state index in [1.54, 1.807) is 0 Å². The molecule has 3 heterocycles. The van der Waals surface area contributed by atoms with Gasteiger partial charge in [-0.3, -0.25) is 0 Å². The number of likely N-dealkylation sites (N-methyl/N-ethyl adjacent to an activating group) is 1. The van der Waals surface area contributed by atoms with Crippen LogP contribution in [0.5, 0.6) is 0 Å². The van der Waals surface area contributed by atoms with Crippen LogP contribution in [0.3, 0.4) is 0 Å². The molecule has 1 aliphatic heterocycles. The van der Waals surface area contributed by atoms with E-state index in [1.807, 2.05) is 11.3 Å². The highest BCUT2D eigenvalue weighted by atomic mass is 32.1. The molecule has 8 rings (SSSR count). The van der Waals surface area contributed by atoms with Crippen LogP contribution < -0.4 is 4.90 Å². The highest BCUT2D eigenvalue weighted by molar-refractivity contribution is 7.25. The molecular weight excluding hydrogens is 468 g/mol. The van der Waals surface area contributed by atoms with Crippen LogP contribution in [0.2, 0.25) is 0 Å². The van der Waals surface area contributed by atoms with Crippen LogP contribution >= 0.6 is 11.3 Å². The van der Waals surface area contributed by atoms with Crippen LogP contribution in [0.25, 0.3) is 47.6 Å². The maximum Gasteiger partial charge on any atom is 0.126 e. The molecule has 176 valence electrons. The second-order valence-corrected chi connectivity index (χ2v) is 10.9. The third kappa shape index (κ3) is 2.98. The quantitative estimate of drug-likeness (QED) is 0.233. The predicted octanol–water partition coefficient (Wildman–Crippen LogP) is 9.24. The summed E-state index contributed by atoms with van der Waals surface area (Å²) in [5.74, 6) is 0. The van der Waals surface area contributed by atoms with Gasteiger partial charge in [0.15, 0.2) is 0 Å². The summed E-state index contributed by atoms with van der Waals surface area (Å²) in [5.41, 5.74) is 7.60. The smallest absolute Gasteiger partial charge is 0.126 e.